The number of carbonyl (C=O) groups excluding carboxylic acids is 1. The summed E-state index contributed by atoms with van der Waals surface area (Å²) in [4.78, 5) is 31.3. The highest BCUT2D eigenvalue weighted by atomic mass is 19.1. The van der Waals surface area contributed by atoms with Crippen LogP contribution in [-0.4, -0.2) is 44.0 Å². The summed E-state index contributed by atoms with van der Waals surface area (Å²) in [6.07, 6.45) is 3.15. The number of aryl methyl sites for hydroxylation is 2. The van der Waals surface area contributed by atoms with Crippen LogP contribution in [0.2, 0.25) is 0 Å². The Morgan fingerprint density at radius 3 is 2.59 bits per heavy atom. The van der Waals surface area contributed by atoms with E-state index >= 15 is 0 Å². The van der Waals surface area contributed by atoms with Crippen molar-refractivity contribution in [1.29, 1.82) is 0 Å². The normalized spacial score (nSPS) is 15.6. The number of furan rings is 1. The lowest BCUT2D eigenvalue weighted by atomic mass is 10.1. The van der Waals surface area contributed by atoms with Crippen molar-refractivity contribution in [2.24, 2.45) is 7.05 Å². The molecule has 7 nitrogen and oxygen atoms in total. The first kappa shape index (κ1) is 17.5. The van der Waals surface area contributed by atoms with Crippen LogP contribution in [-0.2, 0) is 7.05 Å². The van der Waals surface area contributed by atoms with Gasteiger partial charge in [-0.2, -0.15) is 0 Å². The van der Waals surface area contributed by atoms with E-state index in [-0.39, 0.29) is 22.8 Å². The van der Waals surface area contributed by atoms with Gasteiger partial charge < -0.3 is 13.9 Å². The number of hydrogen-bond acceptors (Lipinski definition) is 4. The van der Waals surface area contributed by atoms with Gasteiger partial charge in [0.25, 0.3) is 11.5 Å². The first-order valence-electron chi connectivity index (χ1n) is 8.94. The fourth-order valence-electron chi connectivity index (χ4n) is 3.58. The van der Waals surface area contributed by atoms with Crippen LogP contribution in [0.1, 0.15) is 34.9 Å². The lowest BCUT2D eigenvalue weighted by molar-refractivity contribution is 0.0662. The molecular formula is C19H21FN4O3. The van der Waals surface area contributed by atoms with Crippen molar-refractivity contribution in [2.45, 2.75) is 32.9 Å². The summed E-state index contributed by atoms with van der Waals surface area (Å²) < 4.78 is 22.0. The highest BCUT2D eigenvalue weighted by molar-refractivity contribution is 5.93. The number of likely N-dealkylation sites (tertiary alicyclic amines) is 1. The van der Waals surface area contributed by atoms with Crippen LogP contribution in [0.15, 0.2) is 27.7 Å². The van der Waals surface area contributed by atoms with E-state index in [9.17, 15) is 14.0 Å². The molecule has 1 aliphatic heterocycles. The number of alkyl halides is 1. The number of carbonyl (C=O) groups is 1. The summed E-state index contributed by atoms with van der Waals surface area (Å²) in [5.74, 6) is 1.20. The minimum absolute atomic E-state index is 0.183. The quantitative estimate of drug-likeness (QED) is 0.693. The number of imidazole rings is 1. The molecule has 4 heterocycles. The summed E-state index contributed by atoms with van der Waals surface area (Å²) in [5.41, 5.74) is 1.58. The van der Waals surface area contributed by atoms with Crippen molar-refractivity contribution < 1.29 is 13.6 Å². The van der Waals surface area contributed by atoms with E-state index < -0.39 is 6.17 Å². The smallest absolute Gasteiger partial charge is 0.294 e. The molecule has 0 aromatic carbocycles. The average Bonchev–Trinajstić information content (AvgIpc) is 3.21. The minimum atomic E-state index is -0.855. The first-order valence-corrected chi connectivity index (χ1v) is 8.94. The maximum absolute atomic E-state index is 13.3. The molecule has 0 bridgehead atoms. The van der Waals surface area contributed by atoms with E-state index in [1.807, 2.05) is 19.9 Å². The van der Waals surface area contributed by atoms with E-state index in [0.717, 1.165) is 11.3 Å². The van der Waals surface area contributed by atoms with Crippen LogP contribution < -0.4 is 5.56 Å². The molecule has 0 spiro atoms. The lowest BCUT2D eigenvalue weighted by Crippen LogP contribution is -2.39. The van der Waals surface area contributed by atoms with Crippen LogP contribution >= 0.6 is 0 Å². The molecule has 0 atom stereocenters. The van der Waals surface area contributed by atoms with Crippen molar-refractivity contribution in [3.05, 3.63) is 46.0 Å². The SMILES string of the molecule is Cc1cc(-c2cn3cc(C(=O)N4CCC(F)CC4)nc3c(=O)n2C)c(C)o1. The molecule has 1 fully saturated rings. The third-order valence-electron chi connectivity index (χ3n) is 5.10. The minimum Gasteiger partial charge on any atom is -0.466 e. The first-order chi connectivity index (χ1) is 12.8. The van der Waals surface area contributed by atoms with Crippen LogP contribution in [0, 0.1) is 13.8 Å². The highest BCUT2D eigenvalue weighted by Crippen LogP contribution is 2.25. The van der Waals surface area contributed by atoms with Crippen molar-refractivity contribution in [3.63, 3.8) is 0 Å². The molecule has 0 saturated carbocycles. The highest BCUT2D eigenvalue weighted by Gasteiger charge is 2.25. The Bertz CT molecular complexity index is 1090. The Morgan fingerprint density at radius 2 is 1.96 bits per heavy atom. The second-order valence-corrected chi connectivity index (χ2v) is 7.03. The number of halogens is 1. The fourth-order valence-corrected chi connectivity index (χ4v) is 3.58. The molecule has 0 unspecified atom stereocenters. The van der Waals surface area contributed by atoms with Gasteiger partial charge in [-0.05, 0) is 32.8 Å². The maximum atomic E-state index is 13.3. The van der Waals surface area contributed by atoms with Gasteiger partial charge in [0.2, 0.25) is 5.65 Å². The molecule has 3 aromatic rings. The third kappa shape index (κ3) is 2.94. The Balaban J connectivity index is 1.77. The predicted molar refractivity (Wildman–Crippen MR) is 97.6 cm³/mol. The molecule has 8 heteroatoms. The van der Waals surface area contributed by atoms with Gasteiger partial charge >= 0.3 is 0 Å². The lowest BCUT2D eigenvalue weighted by Gasteiger charge is -2.27. The molecule has 4 rings (SSSR count). The molecule has 1 aliphatic rings. The Hall–Kier alpha value is -2.90. The van der Waals surface area contributed by atoms with E-state index in [2.05, 4.69) is 4.98 Å². The van der Waals surface area contributed by atoms with Crippen molar-refractivity contribution in [1.82, 2.24) is 18.9 Å². The summed E-state index contributed by atoms with van der Waals surface area (Å²) in [5, 5.41) is 0. The Morgan fingerprint density at radius 1 is 1.26 bits per heavy atom. The van der Waals surface area contributed by atoms with Crippen LogP contribution in [0.4, 0.5) is 4.39 Å². The largest absolute Gasteiger partial charge is 0.466 e. The zero-order chi connectivity index (χ0) is 19.3. The molecule has 3 aromatic heterocycles. The number of hydrogen-bond donors (Lipinski definition) is 0. The van der Waals surface area contributed by atoms with Gasteiger partial charge in [-0.1, -0.05) is 0 Å². The van der Waals surface area contributed by atoms with E-state index in [1.165, 1.54) is 4.57 Å². The van der Waals surface area contributed by atoms with E-state index in [4.69, 9.17) is 4.42 Å². The second kappa shape index (κ2) is 6.37. The number of nitrogens with zero attached hydrogens (tertiary/aromatic N) is 4. The number of piperidine rings is 1. The zero-order valence-corrected chi connectivity index (χ0v) is 15.5. The number of rotatable bonds is 2. The molecular weight excluding hydrogens is 351 g/mol. The van der Waals surface area contributed by atoms with Gasteiger partial charge in [-0.25, -0.2) is 9.37 Å². The van der Waals surface area contributed by atoms with Gasteiger partial charge in [-0.3, -0.25) is 14.0 Å². The number of amides is 1. The second-order valence-electron chi connectivity index (χ2n) is 7.03. The number of aromatic nitrogens is 3. The Kier molecular flexibility index (Phi) is 4.13. The van der Waals surface area contributed by atoms with Crippen LogP contribution in [0.25, 0.3) is 16.9 Å². The zero-order valence-electron chi connectivity index (χ0n) is 15.5. The van der Waals surface area contributed by atoms with Gasteiger partial charge in [0, 0.05) is 38.1 Å². The molecule has 0 N–H and O–H groups in total. The van der Waals surface area contributed by atoms with Crippen LogP contribution in [0.3, 0.4) is 0 Å². The number of fused-ring (bicyclic) bond motifs is 1. The molecule has 0 aliphatic carbocycles. The van der Waals surface area contributed by atoms with E-state index in [0.29, 0.717) is 37.4 Å². The standard InChI is InChI=1S/C19H21FN4O3/c1-11-8-14(12(2)27-11)16-10-24-9-15(21-17(24)19(26)22(16)3)18(25)23-6-4-13(20)5-7-23/h8-10,13H,4-7H2,1-3H3. The summed E-state index contributed by atoms with van der Waals surface area (Å²) in [6.45, 7) is 4.42. The van der Waals surface area contributed by atoms with Crippen molar-refractivity contribution in [2.75, 3.05) is 13.1 Å². The topological polar surface area (TPSA) is 72.8 Å². The summed E-state index contributed by atoms with van der Waals surface area (Å²) in [7, 11) is 1.67. The van der Waals surface area contributed by atoms with Crippen molar-refractivity contribution >= 4 is 11.6 Å². The van der Waals surface area contributed by atoms with Gasteiger partial charge in [-0.15, -0.1) is 0 Å². The predicted octanol–water partition coefficient (Wildman–Crippen LogP) is 2.48. The molecule has 1 saturated heterocycles. The monoisotopic (exact) mass is 372 g/mol. The molecule has 0 radical (unpaired) electrons. The molecule has 142 valence electrons. The maximum Gasteiger partial charge on any atom is 0.294 e. The summed E-state index contributed by atoms with van der Waals surface area (Å²) in [6, 6.07) is 1.88. The Labute approximate surface area is 155 Å². The van der Waals surface area contributed by atoms with E-state index in [1.54, 1.807) is 28.7 Å². The summed E-state index contributed by atoms with van der Waals surface area (Å²) >= 11 is 0. The fraction of sp³-hybridized carbons (Fsp3) is 0.421. The molecule has 1 amide bonds. The van der Waals surface area contributed by atoms with Gasteiger partial charge in [0.15, 0.2) is 0 Å². The molecule has 27 heavy (non-hydrogen) atoms. The van der Waals surface area contributed by atoms with Crippen LogP contribution in [0.5, 0.6) is 0 Å². The van der Waals surface area contributed by atoms with Gasteiger partial charge in [0.05, 0.1) is 5.69 Å². The van der Waals surface area contributed by atoms with Crippen molar-refractivity contribution in [3.8, 4) is 11.3 Å². The van der Waals surface area contributed by atoms with Gasteiger partial charge in [0.1, 0.15) is 23.4 Å². The third-order valence-corrected chi connectivity index (χ3v) is 5.10. The average molecular weight is 372 g/mol.